The Morgan fingerprint density at radius 2 is 1.86 bits per heavy atom. The molecule has 0 radical (unpaired) electrons. The third-order valence-electron chi connectivity index (χ3n) is 3.65. The van der Waals surface area contributed by atoms with Crippen LogP contribution in [0.5, 0.6) is 0 Å². The van der Waals surface area contributed by atoms with Crippen molar-refractivity contribution in [2.45, 2.75) is 36.5 Å². The molecular formula is C14H18F2N2O3S. The quantitative estimate of drug-likeness (QED) is 0.913. The first-order valence-electron chi connectivity index (χ1n) is 6.95. The van der Waals surface area contributed by atoms with Crippen molar-refractivity contribution in [3.05, 3.63) is 24.3 Å². The van der Waals surface area contributed by atoms with E-state index in [-0.39, 0.29) is 16.8 Å². The van der Waals surface area contributed by atoms with E-state index in [0.29, 0.717) is 31.6 Å². The molecule has 8 heteroatoms. The van der Waals surface area contributed by atoms with Crippen LogP contribution in [0.15, 0.2) is 29.2 Å². The monoisotopic (exact) mass is 332 g/mol. The van der Waals surface area contributed by atoms with E-state index >= 15 is 0 Å². The van der Waals surface area contributed by atoms with Crippen molar-refractivity contribution < 1.29 is 22.0 Å². The van der Waals surface area contributed by atoms with Gasteiger partial charge >= 0.3 is 5.76 Å². The third kappa shape index (κ3) is 3.55. The molecule has 0 saturated carbocycles. The lowest BCUT2D eigenvalue weighted by Crippen LogP contribution is -2.44. The fourth-order valence-corrected chi connectivity index (χ4v) is 3.56. The predicted octanol–water partition coefficient (Wildman–Crippen LogP) is 1.79. The molecule has 0 aromatic heterocycles. The Bertz CT molecular complexity index is 641. The highest BCUT2D eigenvalue weighted by atomic mass is 32.2. The van der Waals surface area contributed by atoms with Crippen molar-refractivity contribution in [1.29, 1.82) is 0 Å². The maximum absolute atomic E-state index is 12.8. The third-order valence-corrected chi connectivity index (χ3v) is 5.08. The summed E-state index contributed by atoms with van der Waals surface area (Å²) < 4.78 is 49.1. The molecular weight excluding hydrogens is 314 g/mol. The zero-order chi connectivity index (χ0) is 16.3. The first-order valence-corrected chi connectivity index (χ1v) is 8.50. The normalized spacial score (nSPS) is 16.8. The average Bonchev–Trinajstić information content (AvgIpc) is 2.47. The first-order chi connectivity index (χ1) is 10.3. The summed E-state index contributed by atoms with van der Waals surface area (Å²) in [4.78, 5) is 12.5. The standard InChI is InChI=1S/C14H18F2N2O3S/c1-10(19)17-11-6-8-18(9-7-11)12-4-2-3-5-13(12)22(20,21)14(15)16/h2-5,11,14H,6-9H2,1H3,(H,17,19). The zero-order valence-corrected chi connectivity index (χ0v) is 12.9. The number of carbonyl (C=O) groups excluding carboxylic acids is 1. The Morgan fingerprint density at radius 3 is 2.41 bits per heavy atom. The van der Waals surface area contributed by atoms with Gasteiger partial charge in [-0.2, -0.15) is 8.78 Å². The van der Waals surface area contributed by atoms with E-state index in [1.165, 1.54) is 25.1 Å². The van der Waals surface area contributed by atoms with Gasteiger partial charge in [0.05, 0.1) is 10.6 Å². The Kier molecular flexibility index (Phi) is 5.00. The van der Waals surface area contributed by atoms with E-state index < -0.39 is 15.6 Å². The molecule has 1 N–H and O–H groups in total. The first kappa shape index (κ1) is 16.7. The van der Waals surface area contributed by atoms with Crippen LogP contribution in [0.3, 0.4) is 0 Å². The maximum Gasteiger partial charge on any atom is 0.341 e. The molecule has 2 rings (SSSR count). The number of alkyl halides is 2. The van der Waals surface area contributed by atoms with Gasteiger partial charge in [0.15, 0.2) is 0 Å². The van der Waals surface area contributed by atoms with E-state index in [2.05, 4.69) is 5.32 Å². The summed E-state index contributed by atoms with van der Waals surface area (Å²) in [6.45, 7) is 2.44. The molecule has 0 aliphatic carbocycles. The van der Waals surface area contributed by atoms with Gasteiger partial charge in [0.25, 0.3) is 0 Å². The van der Waals surface area contributed by atoms with Crippen LogP contribution in [0.1, 0.15) is 19.8 Å². The van der Waals surface area contributed by atoms with E-state index in [9.17, 15) is 22.0 Å². The summed E-state index contributed by atoms with van der Waals surface area (Å²) >= 11 is 0. The fourth-order valence-electron chi connectivity index (χ4n) is 2.61. The number of para-hydroxylation sites is 1. The molecule has 1 heterocycles. The number of rotatable bonds is 4. The van der Waals surface area contributed by atoms with Crippen LogP contribution in [0.2, 0.25) is 0 Å². The van der Waals surface area contributed by atoms with Crippen molar-refractivity contribution in [3.8, 4) is 0 Å². The highest BCUT2D eigenvalue weighted by molar-refractivity contribution is 7.91. The summed E-state index contributed by atoms with van der Waals surface area (Å²) in [5.41, 5.74) is 0.295. The summed E-state index contributed by atoms with van der Waals surface area (Å²) in [5.74, 6) is -3.55. The SMILES string of the molecule is CC(=O)NC1CCN(c2ccccc2S(=O)(=O)C(F)F)CC1. The summed E-state index contributed by atoms with van der Waals surface area (Å²) in [6.07, 6.45) is 1.28. The molecule has 1 aromatic carbocycles. The molecule has 0 spiro atoms. The average molecular weight is 332 g/mol. The molecule has 1 amide bonds. The van der Waals surface area contributed by atoms with Gasteiger partial charge in [0.2, 0.25) is 15.7 Å². The minimum atomic E-state index is -4.63. The summed E-state index contributed by atoms with van der Waals surface area (Å²) in [7, 11) is -4.63. The van der Waals surface area contributed by atoms with Crippen LogP contribution in [0.4, 0.5) is 14.5 Å². The number of hydrogen-bond acceptors (Lipinski definition) is 4. The number of nitrogens with one attached hydrogen (secondary N) is 1. The van der Waals surface area contributed by atoms with Crippen molar-refractivity contribution in [1.82, 2.24) is 5.32 Å². The molecule has 22 heavy (non-hydrogen) atoms. The molecule has 1 fully saturated rings. The zero-order valence-electron chi connectivity index (χ0n) is 12.1. The highest BCUT2D eigenvalue weighted by Gasteiger charge is 2.31. The van der Waals surface area contributed by atoms with Gasteiger partial charge in [0.1, 0.15) is 0 Å². The molecule has 0 bridgehead atoms. The Labute approximate surface area is 128 Å². The van der Waals surface area contributed by atoms with E-state index in [0.717, 1.165) is 0 Å². The molecule has 122 valence electrons. The molecule has 1 aliphatic heterocycles. The number of halogens is 2. The lowest BCUT2D eigenvalue weighted by Gasteiger charge is -2.34. The van der Waals surface area contributed by atoms with Gasteiger partial charge in [-0.15, -0.1) is 0 Å². The largest absolute Gasteiger partial charge is 0.370 e. The predicted molar refractivity (Wildman–Crippen MR) is 78.7 cm³/mol. The molecule has 0 unspecified atom stereocenters. The molecule has 1 aromatic rings. The van der Waals surface area contributed by atoms with Crippen LogP contribution in [0.25, 0.3) is 0 Å². The fraction of sp³-hybridized carbons (Fsp3) is 0.500. The van der Waals surface area contributed by atoms with Crippen molar-refractivity contribution in [3.63, 3.8) is 0 Å². The van der Waals surface area contributed by atoms with Crippen molar-refractivity contribution in [2.24, 2.45) is 0 Å². The van der Waals surface area contributed by atoms with E-state index in [4.69, 9.17) is 0 Å². The highest BCUT2D eigenvalue weighted by Crippen LogP contribution is 2.30. The topological polar surface area (TPSA) is 66.5 Å². The van der Waals surface area contributed by atoms with Crippen LogP contribution in [0, 0.1) is 0 Å². The molecule has 5 nitrogen and oxygen atoms in total. The second-order valence-corrected chi connectivity index (χ2v) is 7.12. The van der Waals surface area contributed by atoms with Crippen LogP contribution in [-0.2, 0) is 14.6 Å². The van der Waals surface area contributed by atoms with Gasteiger partial charge in [-0.25, -0.2) is 8.42 Å². The molecule has 0 atom stereocenters. The Balaban J connectivity index is 2.20. The number of amides is 1. The molecule has 1 aliphatic rings. The number of hydrogen-bond donors (Lipinski definition) is 1. The minimum Gasteiger partial charge on any atom is -0.370 e. The van der Waals surface area contributed by atoms with Gasteiger partial charge < -0.3 is 10.2 Å². The summed E-state index contributed by atoms with van der Waals surface area (Å²) in [5, 5.41) is 2.81. The second kappa shape index (κ2) is 6.60. The van der Waals surface area contributed by atoms with Crippen LogP contribution < -0.4 is 10.2 Å². The number of piperidine rings is 1. The minimum absolute atomic E-state index is 0.0348. The van der Waals surface area contributed by atoms with E-state index in [1.54, 1.807) is 11.0 Å². The number of nitrogens with zero attached hydrogens (tertiary/aromatic N) is 1. The lowest BCUT2D eigenvalue weighted by atomic mass is 10.0. The number of sulfone groups is 1. The number of carbonyl (C=O) groups is 1. The Morgan fingerprint density at radius 1 is 1.27 bits per heavy atom. The molecule has 1 saturated heterocycles. The van der Waals surface area contributed by atoms with Crippen molar-refractivity contribution >= 4 is 21.4 Å². The lowest BCUT2D eigenvalue weighted by molar-refractivity contribution is -0.119. The number of benzene rings is 1. The van der Waals surface area contributed by atoms with Gasteiger partial charge in [0, 0.05) is 26.1 Å². The van der Waals surface area contributed by atoms with Gasteiger partial charge in [-0.05, 0) is 25.0 Å². The van der Waals surface area contributed by atoms with Crippen LogP contribution >= 0.6 is 0 Å². The Hall–Kier alpha value is -1.70. The van der Waals surface area contributed by atoms with Gasteiger partial charge in [-0.3, -0.25) is 4.79 Å². The summed E-state index contributed by atoms with van der Waals surface area (Å²) in [6, 6.07) is 5.83. The smallest absolute Gasteiger partial charge is 0.341 e. The van der Waals surface area contributed by atoms with Gasteiger partial charge in [-0.1, -0.05) is 12.1 Å². The second-order valence-electron chi connectivity index (χ2n) is 5.24. The maximum atomic E-state index is 12.8. The number of anilines is 1. The van der Waals surface area contributed by atoms with Crippen molar-refractivity contribution in [2.75, 3.05) is 18.0 Å². The van der Waals surface area contributed by atoms with Crippen LogP contribution in [-0.4, -0.2) is 39.2 Å². The van der Waals surface area contributed by atoms with E-state index in [1.807, 2.05) is 0 Å².